The molecule has 0 atom stereocenters. The Labute approximate surface area is 168 Å². The Morgan fingerprint density at radius 1 is 1.26 bits per heavy atom. The molecule has 1 saturated heterocycles. The van der Waals surface area contributed by atoms with Crippen LogP contribution in [0.25, 0.3) is 10.2 Å². The monoisotopic (exact) mass is 405 g/mol. The van der Waals surface area contributed by atoms with E-state index in [2.05, 4.69) is 48.5 Å². The number of piperidine rings is 1. The first-order chi connectivity index (χ1) is 13.0. The molecule has 7 heteroatoms. The number of benzene rings is 1. The summed E-state index contributed by atoms with van der Waals surface area (Å²) in [5, 5.41) is 0. The fourth-order valence-electron chi connectivity index (χ4n) is 3.29. The Morgan fingerprint density at radius 2 is 2.00 bits per heavy atom. The van der Waals surface area contributed by atoms with Crippen LogP contribution >= 0.6 is 23.1 Å². The van der Waals surface area contributed by atoms with Gasteiger partial charge >= 0.3 is 0 Å². The van der Waals surface area contributed by atoms with E-state index in [1.807, 2.05) is 4.90 Å². The first-order valence-corrected chi connectivity index (χ1v) is 11.5. The van der Waals surface area contributed by atoms with Crippen LogP contribution in [0, 0.1) is 12.8 Å². The van der Waals surface area contributed by atoms with Crippen LogP contribution in [-0.4, -0.2) is 45.9 Å². The molecule has 1 aromatic heterocycles. The number of nitrogens with zero attached hydrogens (tertiary/aromatic N) is 3. The van der Waals surface area contributed by atoms with Gasteiger partial charge in [-0.1, -0.05) is 24.3 Å². The second-order valence-corrected chi connectivity index (χ2v) is 9.16. The summed E-state index contributed by atoms with van der Waals surface area (Å²) in [4.78, 5) is 31.5. The smallest absolute Gasteiger partial charge is 0.258 e. The van der Waals surface area contributed by atoms with E-state index in [9.17, 15) is 9.59 Å². The highest BCUT2D eigenvalue weighted by Gasteiger charge is 2.20. The van der Waals surface area contributed by atoms with Gasteiger partial charge in [-0.3, -0.25) is 9.59 Å². The number of carbonyl (C=O) groups is 2. The Bertz CT molecular complexity index is 892. The third-order valence-electron chi connectivity index (χ3n) is 4.96. The van der Waals surface area contributed by atoms with Crippen LogP contribution in [0.4, 0.5) is 0 Å². The second kappa shape index (κ2) is 9.06. The van der Waals surface area contributed by atoms with Gasteiger partial charge in [0.25, 0.3) is 5.91 Å². The molecule has 2 aromatic rings. The van der Waals surface area contributed by atoms with E-state index in [0.29, 0.717) is 11.7 Å². The van der Waals surface area contributed by atoms with Crippen LogP contribution in [0.1, 0.15) is 32.3 Å². The normalized spacial score (nSPS) is 16.3. The van der Waals surface area contributed by atoms with Gasteiger partial charge in [0, 0.05) is 19.6 Å². The fraction of sp³-hybridized carbons (Fsp3) is 0.550. The van der Waals surface area contributed by atoms with Crippen molar-refractivity contribution in [2.24, 2.45) is 10.9 Å². The zero-order chi connectivity index (χ0) is 19.4. The number of likely N-dealkylation sites (tertiary alicyclic amines) is 1. The summed E-state index contributed by atoms with van der Waals surface area (Å²) in [6, 6.07) is 6.29. The van der Waals surface area contributed by atoms with Crippen molar-refractivity contribution < 1.29 is 9.59 Å². The Kier molecular flexibility index (Phi) is 6.76. The number of hydrogen-bond donors (Lipinski definition) is 0. The molecule has 0 saturated carbocycles. The summed E-state index contributed by atoms with van der Waals surface area (Å²) in [5.41, 5.74) is 2.31. The van der Waals surface area contributed by atoms with Crippen LogP contribution < -0.4 is 4.80 Å². The van der Waals surface area contributed by atoms with E-state index in [1.165, 1.54) is 17.3 Å². The van der Waals surface area contributed by atoms with Gasteiger partial charge in [-0.25, -0.2) is 0 Å². The molecule has 2 heterocycles. The molecular weight excluding hydrogens is 378 g/mol. The highest BCUT2D eigenvalue weighted by atomic mass is 32.2. The molecule has 0 bridgehead atoms. The lowest BCUT2D eigenvalue weighted by atomic mass is 9.99. The minimum absolute atomic E-state index is 0.139. The van der Waals surface area contributed by atoms with Crippen molar-refractivity contribution in [1.29, 1.82) is 0 Å². The van der Waals surface area contributed by atoms with Crippen LogP contribution in [-0.2, 0) is 16.1 Å². The predicted molar refractivity (Wildman–Crippen MR) is 113 cm³/mol. The van der Waals surface area contributed by atoms with Crippen molar-refractivity contribution in [3.05, 3.63) is 28.6 Å². The van der Waals surface area contributed by atoms with Gasteiger partial charge in [0.2, 0.25) is 5.91 Å². The van der Waals surface area contributed by atoms with Crippen molar-refractivity contribution >= 4 is 45.1 Å². The molecule has 1 aliphatic heterocycles. The Morgan fingerprint density at radius 3 is 2.70 bits per heavy atom. The number of amides is 2. The molecule has 146 valence electrons. The molecule has 1 aliphatic rings. The van der Waals surface area contributed by atoms with E-state index in [0.717, 1.165) is 47.5 Å². The van der Waals surface area contributed by atoms with Crippen LogP contribution in [0.15, 0.2) is 23.2 Å². The lowest BCUT2D eigenvalue weighted by molar-refractivity contribution is -0.129. The Hall–Kier alpha value is -1.60. The summed E-state index contributed by atoms with van der Waals surface area (Å²) in [6.07, 6.45) is 2.15. The second-order valence-electron chi connectivity index (χ2n) is 7.16. The van der Waals surface area contributed by atoms with Gasteiger partial charge in [0.1, 0.15) is 0 Å². The molecule has 0 radical (unpaired) electrons. The zero-order valence-corrected chi connectivity index (χ0v) is 17.9. The number of aryl methyl sites for hydroxylation is 2. The van der Waals surface area contributed by atoms with Crippen LogP contribution in [0.2, 0.25) is 0 Å². The molecule has 1 aromatic carbocycles. The van der Waals surface area contributed by atoms with Gasteiger partial charge in [-0.15, -0.1) is 11.8 Å². The maximum atomic E-state index is 12.3. The summed E-state index contributed by atoms with van der Waals surface area (Å²) in [5.74, 6) is 1.27. The molecule has 0 spiro atoms. The van der Waals surface area contributed by atoms with E-state index < -0.39 is 0 Å². The molecule has 27 heavy (non-hydrogen) atoms. The van der Waals surface area contributed by atoms with E-state index >= 15 is 0 Å². The number of fused-ring (bicyclic) bond motifs is 1. The molecule has 0 N–H and O–H groups in total. The number of hydrogen-bond acceptors (Lipinski definition) is 4. The molecule has 5 nitrogen and oxygen atoms in total. The summed E-state index contributed by atoms with van der Waals surface area (Å²) in [6.45, 7) is 8.81. The zero-order valence-electron chi connectivity index (χ0n) is 16.2. The average Bonchev–Trinajstić information content (AvgIpc) is 2.97. The summed E-state index contributed by atoms with van der Waals surface area (Å²) < 4.78 is 3.22. The van der Waals surface area contributed by atoms with Gasteiger partial charge in [-0.2, -0.15) is 4.99 Å². The highest BCUT2D eigenvalue weighted by molar-refractivity contribution is 8.00. The maximum absolute atomic E-state index is 12.3. The number of carbonyl (C=O) groups excluding carboxylic acids is 2. The molecule has 2 amide bonds. The van der Waals surface area contributed by atoms with Crippen molar-refractivity contribution in [1.82, 2.24) is 9.47 Å². The highest BCUT2D eigenvalue weighted by Crippen LogP contribution is 2.19. The maximum Gasteiger partial charge on any atom is 0.258 e. The third-order valence-corrected chi connectivity index (χ3v) is 6.91. The van der Waals surface area contributed by atoms with Gasteiger partial charge in [-0.05, 0) is 50.3 Å². The largest absolute Gasteiger partial charge is 0.342 e. The Balaban J connectivity index is 1.60. The number of aromatic nitrogens is 1. The first-order valence-electron chi connectivity index (χ1n) is 9.51. The standard InChI is InChI=1S/C20H27N3O2S2/c1-4-23-16-6-5-15(3)11-17(16)27-20(23)21-18(24)12-26-13-19(25)22-9-7-14(2)8-10-22/h5-6,11,14H,4,7-10,12-13H2,1-3H3. The quantitative estimate of drug-likeness (QED) is 0.766. The molecule has 3 rings (SSSR count). The first kappa shape index (κ1) is 20.1. The van der Waals surface area contributed by atoms with Gasteiger partial charge in [0.05, 0.1) is 21.7 Å². The van der Waals surface area contributed by atoms with E-state index in [1.54, 1.807) is 11.3 Å². The molecule has 1 fully saturated rings. The number of rotatable bonds is 5. The van der Waals surface area contributed by atoms with Crippen molar-refractivity contribution in [2.45, 2.75) is 40.2 Å². The number of thioether (sulfide) groups is 1. The lowest BCUT2D eigenvalue weighted by Crippen LogP contribution is -2.39. The lowest BCUT2D eigenvalue weighted by Gasteiger charge is -2.30. The minimum atomic E-state index is -0.175. The molecular formula is C20H27N3O2S2. The van der Waals surface area contributed by atoms with Crippen molar-refractivity contribution in [3.63, 3.8) is 0 Å². The van der Waals surface area contributed by atoms with Crippen molar-refractivity contribution in [2.75, 3.05) is 24.6 Å². The van der Waals surface area contributed by atoms with E-state index in [-0.39, 0.29) is 17.6 Å². The average molecular weight is 406 g/mol. The summed E-state index contributed by atoms with van der Waals surface area (Å²) >= 11 is 2.91. The molecule has 0 aliphatic carbocycles. The summed E-state index contributed by atoms with van der Waals surface area (Å²) in [7, 11) is 0. The minimum Gasteiger partial charge on any atom is -0.342 e. The van der Waals surface area contributed by atoms with Crippen LogP contribution in [0.5, 0.6) is 0 Å². The SMILES string of the molecule is CCn1c(=NC(=O)CSCC(=O)N2CCC(C)CC2)sc2cc(C)ccc21. The fourth-order valence-corrected chi connectivity index (χ4v) is 5.19. The van der Waals surface area contributed by atoms with E-state index in [4.69, 9.17) is 0 Å². The van der Waals surface area contributed by atoms with Crippen molar-refractivity contribution in [3.8, 4) is 0 Å². The van der Waals surface area contributed by atoms with Gasteiger partial charge in [0.15, 0.2) is 4.80 Å². The topological polar surface area (TPSA) is 54.7 Å². The van der Waals surface area contributed by atoms with Crippen LogP contribution in [0.3, 0.4) is 0 Å². The number of thiazole rings is 1. The predicted octanol–water partition coefficient (Wildman–Crippen LogP) is 3.45. The molecule has 0 unspecified atom stereocenters. The third kappa shape index (κ3) is 5.02. The van der Waals surface area contributed by atoms with Gasteiger partial charge < -0.3 is 9.47 Å².